The summed E-state index contributed by atoms with van der Waals surface area (Å²) in [6, 6.07) is 20.9. The van der Waals surface area contributed by atoms with E-state index < -0.39 is 0 Å². The van der Waals surface area contributed by atoms with Gasteiger partial charge < -0.3 is 9.64 Å². The van der Waals surface area contributed by atoms with E-state index in [2.05, 4.69) is 80.6 Å². The number of benzene rings is 3. The van der Waals surface area contributed by atoms with E-state index in [1.54, 1.807) is 0 Å². The first-order valence-electron chi connectivity index (χ1n) is 13.2. The monoisotopic (exact) mass is 493 g/mol. The zero-order valence-electron chi connectivity index (χ0n) is 22.0. The molecule has 0 fully saturated rings. The molecule has 0 atom stereocenters. The standard InChI is InChI=1S/C32H35N3O2/c1-23-9-4-11-26(19-23)21-34-22-27(20-33-34)28-12-6-14-30-29(28)13-7-17-35(30)32(36)16-8-18-37-31-15-5-10-24(2)25(31)3/h4-6,9-12,14-15,19-20,22H,7-8,13,16-18,21H2,1-3H3. The van der Waals surface area contributed by atoms with E-state index in [9.17, 15) is 4.79 Å². The number of rotatable bonds is 8. The summed E-state index contributed by atoms with van der Waals surface area (Å²) in [5.74, 6) is 1.07. The van der Waals surface area contributed by atoms with Crippen molar-refractivity contribution in [1.82, 2.24) is 9.78 Å². The Hall–Kier alpha value is -3.86. The highest BCUT2D eigenvalue weighted by Crippen LogP contribution is 2.36. The van der Waals surface area contributed by atoms with Gasteiger partial charge in [0.15, 0.2) is 0 Å². The zero-order valence-corrected chi connectivity index (χ0v) is 22.0. The number of nitrogens with zero attached hydrogens (tertiary/aromatic N) is 3. The van der Waals surface area contributed by atoms with Gasteiger partial charge in [0.05, 0.1) is 19.3 Å². The van der Waals surface area contributed by atoms with Crippen LogP contribution < -0.4 is 9.64 Å². The second-order valence-electron chi connectivity index (χ2n) is 10.0. The van der Waals surface area contributed by atoms with Crippen LogP contribution in [0.4, 0.5) is 5.69 Å². The summed E-state index contributed by atoms with van der Waals surface area (Å²) in [4.78, 5) is 15.2. The van der Waals surface area contributed by atoms with Gasteiger partial charge >= 0.3 is 0 Å². The first-order valence-corrected chi connectivity index (χ1v) is 13.2. The second-order valence-corrected chi connectivity index (χ2v) is 10.0. The Morgan fingerprint density at radius 1 is 1.03 bits per heavy atom. The summed E-state index contributed by atoms with van der Waals surface area (Å²) in [5.41, 5.74) is 9.42. The van der Waals surface area contributed by atoms with Gasteiger partial charge in [0, 0.05) is 30.4 Å². The van der Waals surface area contributed by atoms with Crippen molar-refractivity contribution in [3.63, 3.8) is 0 Å². The van der Waals surface area contributed by atoms with Crippen LogP contribution in [0.1, 0.15) is 47.1 Å². The molecule has 1 amide bonds. The fourth-order valence-electron chi connectivity index (χ4n) is 5.16. The molecule has 5 rings (SSSR count). The fraction of sp³-hybridized carbons (Fsp3) is 0.312. The molecule has 0 spiro atoms. The number of amides is 1. The summed E-state index contributed by atoms with van der Waals surface area (Å²) in [7, 11) is 0. The topological polar surface area (TPSA) is 47.4 Å². The molecule has 37 heavy (non-hydrogen) atoms. The van der Waals surface area contributed by atoms with E-state index >= 15 is 0 Å². The first-order chi connectivity index (χ1) is 18.0. The van der Waals surface area contributed by atoms with Crippen molar-refractivity contribution >= 4 is 11.6 Å². The fourth-order valence-corrected chi connectivity index (χ4v) is 5.16. The summed E-state index contributed by atoms with van der Waals surface area (Å²) in [6.45, 7) is 8.31. The third kappa shape index (κ3) is 5.61. The van der Waals surface area contributed by atoms with Crippen molar-refractivity contribution in [3.05, 3.63) is 101 Å². The number of hydrogen-bond donors (Lipinski definition) is 0. The van der Waals surface area contributed by atoms with Gasteiger partial charge in [-0.25, -0.2) is 0 Å². The Morgan fingerprint density at radius 2 is 1.86 bits per heavy atom. The molecule has 2 heterocycles. The van der Waals surface area contributed by atoms with E-state index in [1.165, 1.54) is 27.8 Å². The predicted octanol–water partition coefficient (Wildman–Crippen LogP) is 6.66. The number of anilines is 1. The van der Waals surface area contributed by atoms with E-state index in [1.807, 2.05) is 27.9 Å². The molecule has 5 heteroatoms. The minimum absolute atomic E-state index is 0.165. The van der Waals surface area contributed by atoms with E-state index in [0.717, 1.165) is 48.5 Å². The van der Waals surface area contributed by atoms with E-state index in [-0.39, 0.29) is 5.91 Å². The molecule has 0 N–H and O–H groups in total. The normalized spacial score (nSPS) is 12.9. The Labute approximate surface area is 219 Å². The van der Waals surface area contributed by atoms with Gasteiger partial charge in [-0.3, -0.25) is 9.48 Å². The summed E-state index contributed by atoms with van der Waals surface area (Å²) in [5, 5.41) is 4.63. The van der Waals surface area contributed by atoms with Gasteiger partial charge in [0.2, 0.25) is 5.91 Å². The Balaban J connectivity index is 1.26. The lowest BCUT2D eigenvalue weighted by atomic mass is 9.93. The summed E-state index contributed by atoms with van der Waals surface area (Å²) < 4.78 is 7.96. The van der Waals surface area contributed by atoms with Crippen LogP contribution in [0.5, 0.6) is 5.75 Å². The highest BCUT2D eigenvalue weighted by molar-refractivity contribution is 5.96. The number of fused-ring (bicyclic) bond motifs is 1. The first kappa shape index (κ1) is 24.8. The smallest absolute Gasteiger partial charge is 0.227 e. The molecule has 0 saturated heterocycles. The van der Waals surface area contributed by atoms with Crippen molar-refractivity contribution < 1.29 is 9.53 Å². The number of carbonyl (C=O) groups excluding carboxylic acids is 1. The van der Waals surface area contributed by atoms with Crippen LogP contribution in [-0.2, 0) is 17.8 Å². The molecule has 1 aliphatic rings. The van der Waals surface area contributed by atoms with Crippen molar-refractivity contribution in [3.8, 4) is 16.9 Å². The molecule has 0 radical (unpaired) electrons. The van der Waals surface area contributed by atoms with Crippen LogP contribution >= 0.6 is 0 Å². The molecule has 0 aliphatic carbocycles. The van der Waals surface area contributed by atoms with Crippen molar-refractivity contribution in [2.45, 2.75) is 53.0 Å². The van der Waals surface area contributed by atoms with Crippen LogP contribution in [0.2, 0.25) is 0 Å². The third-order valence-electron chi connectivity index (χ3n) is 7.27. The second kappa shape index (κ2) is 11.0. The predicted molar refractivity (Wildman–Crippen MR) is 149 cm³/mol. The molecule has 1 aromatic heterocycles. The molecule has 0 saturated carbocycles. The average molecular weight is 494 g/mol. The van der Waals surface area contributed by atoms with Gasteiger partial charge in [-0.2, -0.15) is 5.10 Å². The Morgan fingerprint density at radius 3 is 2.73 bits per heavy atom. The van der Waals surface area contributed by atoms with Gasteiger partial charge in [-0.1, -0.05) is 54.1 Å². The molecular formula is C32H35N3O2. The number of aromatic nitrogens is 2. The molecule has 190 valence electrons. The van der Waals surface area contributed by atoms with Gasteiger partial charge in [0.25, 0.3) is 0 Å². The van der Waals surface area contributed by atoms with Crippen molar-refractivity contribution in [2.24, 2.45) is 0 Å². The zero-order chi connectivity index (χ0) is 25.8. The lowest BCUT2D eigenvalue weighted by Gasteiger charge is -2.31. The molecular weight excluding hydrogens is 458 g/mol. The quantitative estimate of drug-likeness (QED) is 0.258. The number of aryl methyl sites for hydroxylation is 2. The third-order valence-corrected chi connectivity index (χ3v) is 7.27. The van der Waals surface area contributed by atoms with Gasteiger partial charge in [-0.15, -0.1) is 0 Å². The Kier molecular flexibility index (Phi) is 7.40. The maximum atomic E-state index is 13.2. The molecule has 4 aromatic rings. The average Bonchev–Trinajstić information content (AvgIpc) is 3.36. The van der Waals surface area contributed by atoms with Crippen LogP contribution in [-0.4, -0.2) is 28.8 Å². The number of carbonyl (C=O) groups is 1. The van der Waals surface area contributed by atoms with Crippen LogP contribution in [0.15, 0.2) is 73.1 Å². The van der Waals surface area contributed by atoms with Crippen molar-refractivity contribution in [1.29, 1.82) is 0 Å². The van der Waals surface area contributed by atoms with Crippen LogP contribution in [0.3, 0.4) is 0 Å². The SMILES string of the molecule is Cc1cccc(Cn2cc(-c3cccc4c3CCCN4C(=O)CCCOc3cccc(C)c3C)cn2)c1. The highest BCUT2D eigenvalue weighted by Gasteiger charge is 2.24. The van der Waals surface area contributed by atoms with Gasteiger partial charge in [0.1, 0.15) is 5.75 Å². The van der Waals surface area contributed by atoms with E-state index in [4.69, 9.17) is 4.74 Å². The summed E-state index contributed by atoms with van der Waals surface area (Å²) >= 11 is 0. The lowest BCUT2D eigenvalue weighted by Crippen LogP contribution is -2.35. The Bertz CT molecular complexity index is 1400. The molecule has 3 aromatic carbocycles. The molecule has 0 bridgehead atoms. The van der Waals surface area contributed by atoms with Crippen LogP contribution in [0.25, 0.3) is 11.1 Å². The lowest BCUT2D eigenvalue weighted by molar-refractivity contribution is -0.118. The minimum atomic E-state index is 0.165. The van der Waals surface area contributed by atoms with Crippen LogP contribution in [0, 0.1) is 20.8 Å². The molecule has 5 nitrogen and oxygen atoms in total. The number of ether oxygens (including phenoxy) is 1. The highest BCUT2D eigenvalue weighted by atomic mass is 16.5. The summed E-state index contributed by atoms with van der Waals surface area (Å²) in [6.07, 6.45) is 7.16. The number of hydrogen-bond acceptors (Lipinski definition) is 3. The molecule has 1 aliphatic heterocycles. The van der Waals surface area contributed by atoms with E-state index in [0.29, 0.717) is 19.4 Å². The maximum Gasteiger partial charge on any atom is 0.227 e. The molecule has 0 unspecified atom stereocenters. The van der Waals surface area contributed by atoms with Gasteiger partial charge in [-0.05, 0) is 80.0 Å². The largest absolute Gasteiger partial charge is 0.493 e. The minimum Gasteiger partial charge on any atom is -0.493 e. The van der Waals surface area contributed by atoms with Crippen molar-refractivity contribution in [2.75, 3.05) is 18.1 Å². The maximum absolute atomic E-state index is 13.2.